The van der Waals surface area contributed by atoms with Crippen LogP contribution in [0.15, 0.2) is 0 Å². The molecule has 90 valence electrons. The summed E-state index contributed by atoms with van der Waals surface area (Å²) in [6, 6.07) is -0.845. The summed E-state index contributed by atoms with van der Waals surface area (Å²) >= 11 is 0. The van der Waals surface area contributed by atoms with E-state index >= 15 is 0 Å². The first-order valence-electron chi connectivity index (χ1n) is 5.60. The number of hydrogen-bond donors (Lipinski definition) is 1. The smallest absolute Gasteiger partial charge is 0.394 e. The number of amides is 4. The van der Waals surface area contributed by atoms with Crippen LogP contribution in [-0.4, -0.2) is 17.8 Å². The van der Waals surface area contributed by atoms with Gasteiger partial charge in [0, 0.05) is 0 Å². The third-order valence-corrected chi connectivity index (χ3v) is 3.33. The van der Waals surface area contributed by atoms with Crippen molar-refractivity contribution in [2.45, 2.75) is 40.0 Å². The molecule has 2 atom stereocenters. The molecule has 0 aromatic carbocycles. The number of hydrogen-bond acceptors (Lipinski definition) is 3. The molecule has 5 nitrogen and oxygen atoms in total. The summed E-state index contributed by atoms with van der Waals surface area (Å²) in [5, 5.41) is 5.48. The van der Waals surface area contributed by atoms with E-state index in [1.54, 1.807) is 6.92 Å². The molecule has 0 aromatic rings. The van der Waals surface area contributed by atoms with Crippen LogP contribution in [0.25, 0.3) is 5.32 Å². The third-order valence-electron chi connectivity index (χ3n) is 3.33. The molecule has 0 saturated carbocycles. The maximum Gasteiger partial charge on any atom is 1.00 e. The van der Waals surface area contributed by atoms with E-state index in [0.717, 1.165) is 12.8 Å². The molecule has 1 fully saturated rings. The Labute approximate surface area is 123 Å². The van der Waals surface area contributed by atoms with Crippen LogP contribution in [0.1, 0.15) is 40.0 Å². The summed E-state index contributed by atoms with van der Waals surface area (Å²) in [5.74, 6) is -1.20. The van der Waals surface area contributed by atoms with Gasteiger partial charge in [0.05, 0.1) is 5.41 Å². The Balaban J connectivity index is 0.00000256. The summed E-state index contributed by atoms with van der Waals surface area (Å²) in [4.78, 5) is 34.7. The fourth-order valence-corrected chi connectivity index (χ4v) is 2.30. The van der Waals surface area contributed by atoms with E-state index in [0.29, 0.717) is 6.42 Å². The molecular weight excluding hydrogens is 231 g/mol. The first kappa shape index (κ1) is 16.6. The van der Waals surface area contributed by atoms with Crippen LogP contribution in [0.3, 0.4) is 0 Å². The van der Waals surface area contributed by atoms with Crippen LogP contribution in [0.4, 0.5) is 4.79 Å². The third kappa shape index (κ3) is 2.89. The molecule has 1 rings (SSSR count). The van der Waals surface area contributed by atoms with E-state index in [2.05, 4.69) is 10.6 Å². The molecule has 1 N–H and O–H groups in total. The van der Waals surface area contributed by atoms with Crippen molar-refractivity contribution < 1.29 is 43.9 Å². The van der Waals surface area contributed by atoms with Crippen LogP contribution in [0, 0.1) is 11.3 Å². The summed E-state index contributed by atoms with van der Waals surface area (Å²) in [6.07, 6.45) is 2.02. The molecule has 0 spiro atoms. The Morgan fingerprint density at radius 2 is 1.88 bits per heavy atom. The van der Waals surface area contributed by atoms with Gasteiger partial charge in [-0.2, -0.15) is 0 Å². The number of carbonyl (C=O) groups excluding carboxylic acids is 3. The second kappa shape index (κ2) is 6.52. The number of barbiturate groups is 1. The van der Waals surface area contributed by atoms with Crippen molar-refractivity contribution in [1.29, 1.82) is 0 Å². The van der Waals surface area contributed by atoms with Crippen molar-refractivity contribution in [2.24, 2.45) is 11.3 Å². The first-order chi connectivity index (χ1) is 7.48. The first-order valence-corrected chi connectivity index (χ1v) is 5.60. The van der Waals surface area contributed by atoms with Crippen molar-refractivity contribution in [1.82, 2.24) is 5.32 Å². The van der Waals surface area contributed by atoms with Gasteiger partial charge in [0.15, 0.2) is 17.8 Å². The fraction of sp³-hybridized carbons (Fsp3) is 0.727. The zero-order valence-corrected chi connectivity index (χ0v) is 12.9. The number of imide groups is 2. The average Bonchev–Trinajstić information content (AvgIpc) is 2.18. The van der Waals surface area contributed by atoms with Crippen molar-refractivity contribution in [2.75, 3.05) is 0 Å². The Morgan fingerprint density at radius 3 is 2.29 bits per heavy atom. The van der Waals surface area contributed by atoms with Gasteiger partial charge in [-0.05, 0) is 18.8 Å². The van der Waals surface area contributed by atoms with Gasteiger partial charge in [0.25, 0.3) is 0 Å². The van der Waals surface area contributed by atoms with Gasteiger partial charge in [0.2, 0.25) is 0 Å². The van der Waals surface area contributed by atoms with E-state index < -0.39 is 23.3 Å². The molecular formula is C11H17N2NaO3. The minimum atomic E-state index is -1.15. The molecule has 1 aliphatic rings. The molecule has 0 bridgehead atoms. The van der Waals surface area contributed by atoms with Gasteiger partial charge in [-0.3, -0.25) is 14.4 Å². The standard InChI is InChI=1S/C11H18N2O3.Na/c1-4-6-7(3)11(5-2)8(14)12-10(16)13-9(11)15;/h7H,4-6H2,1-3H3,(H2,12,13,14,15,16);/q;+1/p-1/t7-;/m0./s1. The maximum atomic E-state index is 11.9. The summed E-state index contributed by atoms with van der Waals surface area (Å²) < 4.78 is 0. The summed E-state index contributed by atoms with van der Waals surface area (Å²) in [6.45, 7) is 5.62. The van der Waals surface area contributed by atoms with E-state index in [-0.39, 0.29) is 35.5 Å². The van der Waals surface area contributed by atoms with E-state index in [4.69, 9.17) is 0 Å². The Hall–Kier alpha value is -0.390. The Kier molecular flexibility index (Phi) is 6.37. The van der Waals surface area contributed by atoms with Gasteiger partial charge in [0.1, 0.15) is 0 Å². The quantitative estimate of drug-likeness (QED) is 0.510. The van der Waals surface area contributed by atoms with Gasteiger partial charge in [-0.15, -0.1) is 0 Å². The number of carbonyl (C=O) groups is 3. The molecule has 1 aliphatic heterocycles. The van der Waals surface area contributed by atoms with E-state index in [9.17, 15) is 14.4 Å². The molecule has 1 heterocycles. The maximum absolute atomic E-state index is 11.9. The minimum Gasteiger partial charge on any atom is -0.394 e. The second-order valence-electron chi connectivity index (χ2n) is 4.19. The van der Waals surface area contributed by atoms with Crippen molar-refractivity contribution in [3.63, 3.8) is 0 Å². The minimum absolute atomic E-state index is 0. The fourth-order valence-electron chi connectivity index (χ4n) is 2.30. The molecule has 1 unspecified atom stereocenters. The van der Waals surface area contributed by atoms with Crippen molar-refractivity contribution in [3.8, 4) is 0 Å². The van der Waals surface area contributed by atoms with Crippen molar-refractivity contribution >= 4 is 17.8 Å². The molecule has 6 heteroatoms. The van der Waals surface area contributed by atoms with Crippen molar-refractivity contribution in [3.05, 3.63) is 5.32 Å². The predicted molar refractivity (Wildman–Crippen MR) is 58.7 cm³/mol. The molecule has 0 aliphatic carbocycles. The summed E-state index contributed by atoms with van der Waals surface area (Å²) in [7, 11) is 0. The van der Waals surface area contributed by atoms with E-state index in [1.165, 1.54) is 0 Å². The number of nitrogens with zero attached hydrogens (tertiary/aromatic N) is 1. The summed E-state index contributed by atoms with van der Waals surface area (Å²) in [5.41, 5.74) is -1.15. The monoisotopic (exact) mass is 248 g/mol. The average molecular weight is 248 g/mol. The van der Waals surface area contributed by atoms with Crippen LogP contribution in [-0.2, 0) is 9.59 Å². The van der Waals surface area contributed by atoms with Gasteiger partial charge in [-0.1, -0.05) is 27.2 Å². The van der Waals surface area contributed by atoms with Crippen LogP contribution < -0.4 is 34.9 Å². The zero-order valence-electron chi connectivity index (χ0n) is 10.9. The molecule has 0 radical (unpaired) electrons. The van der Waals surface area contributed by atoms with E-state index in [1.807, 2.05) is 13.8 Å². The SMILES string of the molecule is CCC[C@H](C)C1(CC)C(=O)[N-]C(=O)NC1=O.[Na+]. The largest absolute Gasteiger partial charge is 1.00 e. The number of urea groups is 1. The molecule has 0 aromatic heterocycles. The van der Waals surface area contributed by atoms with Crippen LogP contribution in [0.2, 0.25) is 0 Å². The van der Waals surface area contributed by atoms with Crippen LogP contribution >= 0.6 is 0 Å². The zero-order chi connectivity index (χ0) is 12.3. The topological polar surface area (TPSA) is 77.3 Å². The number of rotatable bonds is 4. The van der Waals surface area contributed by atoms with Crippen LogP contribution in [0.5, 0.6) is 0 Å². The molecule has 17 heavy (non-hydrogen) atoms. The Morgan fingerprint density at radius 1 is 1.29 bits per heavy atom. The van der Waals surface area contributed by atoms with Gasteiger partial charge >= 0.3 is 29.6 Å². The Bertz CT molecular complexity index is 311. The molecule has 4 amide bonds. The van der Waals surface area contributed by atoms with Gasteiger partial charge in [-0.25, -0.2) is 0 Å². The normalized spacial score (nSPS) is 25.7. The molecule has 1 saturated heterocycles. The predicted octanol–water partition coefficient (Wildman–Crippen LogP) is -1.03. The number of nitrogens with one attached hydrogen (secondary N) is 1. The van der Waals surface area contributed by atoms with Gasteiger partial charge < -0.3 is 10.6 Å². The second-order valence-corrected chi connectivity index (χ2v) is 4.19.